The molecule has 0 aliphatic carbocycles. The lowest BCUT2D eigenvalue weighted by atomic mass is 9.96. The molecule has 0 amide bonds. The van der Waals surface area contributed by atoms with Crippen molar-refractivity contribution >= 4 is 11.8 Å². The molecule has 1 N–H and O–H groups in total. The molecule has 2 fully saturated rings. The van der Waals surface area contributed by atoms with Crippen molar-refractivity contribution < 1.29 is 4.74 Å². The zero-order valence-electron chi connectivity index (χ0n) is 14.6. The number of anilines is 2. The van der Waals surface area contributed by atoms with E-state index in [1.807, 2.05) is 12.3 Å². The SMILES string of the molecule is N#Cc1ccnc(NC2CCN(c3nccc(C4CCOCC4)n3)C2)c1. The zero-order valence-corrected chi connectivity index (χ0v) is 14.6. The average Bonchev–Trinajstić information content (AvgIpc) is 3.17. The molecule has 0 saturated carbocycles. The Kier molecular flexibility index (Phi) is 4.93. The lowest BCUT2D eigenvalue weighted by Crippen LogP contribution is -2.28. The molecular weight excluding hydrogens is 328 g/mol. The molecule has 2 aliphatic heterocycles. The van der Waals surface area contributed by atoms with E-state index >= 15 is 0 Å². The summed E-state index contributed by atoms with van der Waals surface area (Å²) in [6.45, 7) is 3.37. The molecule has 134 valence electrons. The summed E-state index contributed by atoms with van der Waals surface area (Å²) in [5.41, 5.74) is 1.74. The summed E-state index contributed by atoms with van der Waals surface area (Å²) in [5.74, 6) is 2.02. The maximum Gasteiger partial charge on any atom is 0.225 e. The first-order valence-corrected chi connectivity index (χ1v) is 9.10. The molecule has 4 heterocycles. The van der Waals surface area contributed by atoms with Crippen molar-refractivity contribution in [2.24, 2.45) is 0 Å². The van der Waals surface area contributed by atoms with Gasteiger partial charge in [-0.05, 0) is 37.5 Å². The van der Waals surface area contributed by atoms with Crippen LogP contribution in [0.15, 0.2) is 30.6 Å². The summed E-state index contributed by atoms with van der Waals surface area (Å²) in [4.78, 5) is 15.8. The van der Waals surface area contributed by atoms with Crippen LogP contribution in [0.5, 0.6) is 0 Å². The van der Waals surface area contributed by atoms with Crippen LogP contribution in [0.25, 0.3) is 0 Å². The van der Waals surface area contributed by atoms with E-state index < -0.39 is 0 Å². The van der Waals surface area contributed by atoms with Gasteiger partial charge in [0.2, 0.25) is 5.95 Å². The van der Waals surface area contributed by atoms with Crippen LogP contribution in [0.4, 0.5) is 11.8 Å². The van der Waals surface area contributed by atoms with Crippen LogP contribution in [0.2, 0.25) is 0 Å². The van der Waals surface area contributed by atoms with Crippen LogP contribution in [-0.4, -0.2) is 47.3 Å². The lowest BCUT2D eigenvalue weighted by molar-refractivity contribution is 0.0845. The minimum absolute atomic E-state index is 0.270. The summed E-state index contributed by atoms with van der Waals surface area (Å²) >= 11 is 0. The molecule has 7 heteroatoms. The molecule has 2 aromatic rings. The molecule has 1 atom stereocenters. The summed E-state index contributed by atoms with van der Waals surface area (Å²) < 4.78 is 5.45. The second-order valence-electron chi connectivity index (χ2n) is 6.79. The molecule has 7 nitrogen and oxygen atoms in total. The molecule has 0 bridgehead atoms. The van der Waals surface area contributed by atoms with Gasteiger partial charge >= 0.3 is 0 Å². The highest BCUT2D eigenvalue weighted by Crippen LogP contribution is 2.27. The Morgan fingerprint density at radius 2 is 2.00 bits per heavy atom. The van der Waals surface area contributed by atoms with Gasteiger partial charge in [0, 0.05) is 56.4 Å². The van der Waals surface area contributed by atoms with Gasteiger partial charge in [-0.1, -0.05) is 0 Å². The second-order valence-corrected chi connectivity index (χ2v) is 6.79. The minimum atomic E-state index is 0.270. The smallest absolute Gasteiger partial charge is 0.225 e. The highest BCUT2D eigenvalue weighted by atomic mass is 16.5. The molecule has 26 heavy (non-hydrogen) atoms. The van der Waals surface area contributed by atoms with Crippen LogP contribution >= 0.6 is 0 Å². The summed E-state index contributed by atoms with van der Waals surface area (Å²) in [5, 5.41) is 12.4. The van der Waals surface area contributed by atoms with Crippen molar-refractivity contribution in [3.63, 3.8) is 0 Å². The molecule has 0 spiro atoms. The van der Waals surface area contributed by atoms with Gasteiger partial charge in [-0.3, -0.25) is 0 Å². The van der Waals surface area contributed by atoms with Gasteiger partial charge in [0.15, 0.2) is 0 Å². The normalized spacial score (nSPS) is 20.7. The van der Waals surface area contributed by atoms with E-state index in [1.54, 1.807) is 18.3 Å². The number of pyridine rings is 1. The fraction of sp³-hybridized carbons (Fsp3) is 0.474. The van der Waals surface area contributed by atoms with Gasteiger partial charge in [0.1, 0.15) is 5.82 Å². The Morgan fingerprint density at radius 1 is 1.15 bits per heavy atom. The Morgan fingerprint density at radius 3 is 2.85 bits per heavy atom. The zero-order chi connectivity index (χ0) is 17.8. The minimum Gasteiger partial charge on any atom is -0.381 e. The maximum atomic E-state index is 9.01. The Bertz CT molecular complexity index is 799. The van der Waals surface area contributed by atoms with Crippen molar-refractivity contribution in [3.8, 4) is 6.07 Å². The Labute approximate surface area is 153 Å². The van der Waals surface area contributed by atoms with Gasteiger partial charge in [-0.15, -0.1) is 0 Å². The molecule has 2 aliphatic rings. The van der Waals surface area contributed by atoms with Crippen molar-refractivity contribution in [2.45, 2.75) is 31.2 Å². The van der Waals surface area contributed by atoms with Gasteiger partial charge in [0.25, 0.3) is 0 Å². The maximum absolute atomic E-state index is 9.01. The van der Waals surface area contributed by atoms with Crippen molar-refractivity contribution in [1.82, 2.24) is 15.0 Å². The van der Waals surface area contributed by atoms with Gasteiger partial charge < -0.3 is 15.0 Å². The Hall–Kier alpha value is -2.72. The van der Waals surface area contributed by atoms with E-state index in [0.717, 1.165) is 63.0 Å². The van der Waals surface area contributed by atoms with Crippen molar-refractivity contribution in [1.29, 1.82) is 5.26 Å². The monoisotopic (exact) mass is 350 g/mol. The first kappa shape index (κ1) is 16.7. The van der Waals surface area contributed by atoms with Gasteiger partial charge in [-0.2, -0.15) is 5.26 Å². The van der Waals surface area contributed by atoms with Gasteiger partial charge in [0.05, 0.1) is 11.6 Å². The number of hydrogen-bond acceptors (Lipinski definition) is 7. The third-order valence-corrected chi connectivity index (χ3v) is 5.02. The summed E-state index contributed by atoms with van der Waals surface area (Å²) in [6, 6.07) is 7.94. The first-order valence-electron chi connectivity index (χ1n) is 9.10. The molecule has 0 radical (unpaired) electrons. The highest BCUT2D eigenvalue weighted by molar-refractivity contribution is 5.44. The van der Waals surface area contributed by atoms with Crippen LogP contribution in [0.1, 0.15) is 36.4 Å². The van der Waals surface area contributed by atoms with E-state index in [4.69, 9.17) is 15.0 Å². The third kappa shape index (κ3) is 3.75. The molecule has 2 aromatic heterocycles. The fourth-order valence-corrected chi connectivity index (χ4v) is 3.58. The van der Waals surface area contributed by atoms with E-state index in [9.17, 15) is 0 Å². The second kappa shape index (κ2) is 7.67. The molecule has 0 aromatic carbocycles. The highest BCUT2D eigenvalue weighted by Gasteiger charge is 2.26. The summed E-state index contributed by atoms with van der Waals surface area (Å²) in [6.07, 6.45) is 6.58. The van der Waals surface area contributed by atoms with Crippen molar-refractivity contribution in [3.05, 3.63) is 41.9 Å². The van der Waals surface area contributed by atoms with E-state index in [2.05, 4.69) is 26.3 Å². The largest absolute Gasteiger partial charge is 0.381 e. The number of hydrogen-bond donors (Lipinski definition) is 1. The average molecular weight is 350 g/mol. The number of rotatable bonds is 4. The fourth-order valence-electron chi connectivity index (χ4n) is 3.58. The first-order chi connectivity index (χ1) is 12.8. The van der Waals surface area contributed by atoms with E-state index in [0.29, 0.717) is 11.5 Å². The van der Waals surface area contributed by atoms with Crippen molar-refractivity contribution in [2.75, 3.05) is 36.5 Å². The van der Waals surface area contributed by atoms with Crippen LogP contribution in [0, 0.1) is 11.3 Å². The number of nitrogens with one attached hydrogen (secondary N) is 1. The molecular formula is C19H22N6O. The number of nitrogens with zero attached hydrogens (tertiary/aromatic N) is 5. The number of ether oxygens (including phenoxy) is 1. The predicted octanol–water partition coefficient (Wildman–Crippen LogP) is 2.33. The lowest BCUT2D eigenvalue weighted by Gasteiger charge is -2.23. The number of nitriles is 1. The van der Waals surface area contributed by atoms with E-state index in [1.165, 1.54) is 0 Å². The van der Waals surface area contributed by atoms with Crippen LogP contribution in [-0.2, 0) is 4.74 Å². The van der Waals surface area contributed by atoms with Gasteiger partial charge in [-0.25, -0.2) is 15.0 Å². The predicted molar refractivity (Wildman–Crippen MR) is 98.0 cm³/mol. The number of aromatic nitrogens is 3. The van der Waals surface area contributed by atoms with Crippen LogP contribution < -0.4 is 10.2 Å². The standard InChI is InChI=1S/C19H22N6O/c20-12-14-1-6-21-18(11-14)23-16-3-8-25(13-16)19-22-7-2-17(24-19)15-4-9-26-10-5-15/h1-2,6-7,11,15-16H,3-5,8-10,13H2,(H,21,23). The molecule has 4 rings (SSSR count). The van der Waals surface area contributed by atoms with Crippen LogP contribution in [0.3, 0.4) is 0 Å². The topological polar surface area (TPSA) is 87.0 Å². The molecule has 1 unspecified atom stereocenters. The summed E-state index contributed by atoms with van der Waals surface area (Å²) in [7, 11) is 0. The quantitative estimate of drug-likeness (QED) is 0.905. The third-order valence-electron chi connectivity index (χ3n) is 5.02. The van der Waals surface area contributed by atoms with E-state index in [-0.39, 0.29) is 6.04 Å². The Balaban J connectivity index is 1.41. The molecule has 2 saturated heterocycles.